The quantitative estimate of drug-likeness (QED) is 0.721. The van der Waals surface area contributed by atoms with Crippen LogP contribution in [0.25, 0.3) is 0 Å². The number of anilines is 1. The van der Waals surface area contributed by atoms with E-state index in [0.717, 1.165) is 18.6 Å². The van der Waals surface area contributed by atoms with Crippen LogP contribution in [-0.2, 0) is 0 Å². The first-order valence-corrected chi connectivity index (χ1v) is 7.75. The van der Waals surface area contributed by atoms with E-state index in [0.29, 0.717) is 13.1 Å². The van der Waals surface area contributed by atoms with Gasteiger partial charge in [-0.1, -0.05) is 0 Å². The van der Waals surface area contributed by atoms with Crippen molar-refractivity contribution in [1.29, 1.82) is 0 Å². The molecule has 1 aromatic heterocycles. The number of pyridine rings is 1. The Morgan fingerprint density at radius 3 is 2.95 bits per heavy atom. The second-order valence-corrected chi connectivity index (χ2v) is 4.99. The second kappa shape index (κ2) is 8.74. The van der Waals surface area contributed by atoms with Gasteiger partial charge in [0, 0.05) is 19.3 Å². The maximum atomic E-state index is 14.0. The molecule has 19 heavy (non-hydrogen) atoms. The van der Waals surface area contributed by atoms with Crippen LogP contribution in [0.1, 0.15) is 30.1 Å². The van der Waals surface area contributed by atoms with Crippen molar-refractivity contribution >= 4 is 23.5 Å². The van der Waals surface area contributed by atoms with Crippen LogP contribution in [0.5, 0.6) is 0 Å². The summed E-state index contributed by atoms with van der Waals surface area (Å²) in [5.74, 6) is 0.219. The van der Waals surface area contributed by atoms with Crippen LogP contribution in [0, 0.1) is 5.82 Å². The summed E-state index contributed by atoms with van der Waals surface area (Å²) in [7, 11) is 0. The topological polar surface area (TPSA) is 54.0 Å². The highest BCUT2D eigenvalue weighted by Crippen LogP contribution is 2.14. The number of carbonyl (C=O) groups excluding carboxylic acids is 1. The van der Waals surface area contributed by atoms with Crippen molar-refractivity contribution in [3.05, 3.63) is 23.6 Å². The highest BCUT2D eigenvalue weighted by Gasteiger charge is 2.15. The smallest absolute Gasteiger partial charge is 0.254 e. The summed E-state index contributed by atoms with van der Waals surface area (Å²) in [5, 5.41) is 5.51. The fourth-order valence-corrected chi connectivity index (χ4v) is 2.07. The number of rotatable bonds is 8. The number of hydrogen-bond acceptors (Lipinski definition) is 4. The third kappa shape index (κ3) is 5.06. The zero-order valence-electron chi connectivity index (χ0n) is 11.3. The number of nitrogens with zero attached hydrogens (tertiary/aromatic N) is 1. The van der Waals surface area contributed by atoms with Crippen molar-refractivity contribution in [3.63, 3.8) is 0 Å². The standard InChI is InChI=1S/C13H20FN3OS/c1-3-15-12-11(14)10(6-8-16-12)13(18)17-7-4-5-9-19-2/h6,8H,3-5,7,9H2,1-2H3,(H,15,16)(H,17,18). The predicted molar refractivity (Wildman–Crippen MR) is 78.3 cm³/mol. The van der Waals surface area contributed by atoms with Gasteiger partial charge in [0.25, 0.3) is 5.91 Å². The minimum atomic E-state index is -0.592. The monoisotopic (exact) mass is 285 g/mol. The van der Waals surface area contributed by atoms with Gasteiger partial charge in [0.15, 0.2) is 11.6 Å². The summed E-state index contributed by atoms with van der Waals surface area (Å²) in [6, 6.07) is 1.40. The number of hydrogen-bond donors (Lipinski definition) is 2. The van der Waals surface area contributed by atoms with Gasteiger partial charge in [0.2, 0.25) is 0 Å². The zero-order chi connectivity index (χ0) is 14.1. The van der Waals surface area contributed by atoms with E-state index in [4.69, 9.17) is 0 Å². The molecule has 0 aliphatic heterocycles. The molecule has 0 bridgehead atoms. The summed E-state index contributed by atoms with van der Waals surface area (Å²) in [5.41, 5.74) is 0.0378. The fourth-order valence-electron chi connectivity index (χ4n) is 1.58. The van der Waals surface area contributed by atoms with Crippen LogP contribution >= 0.6 is 11.8 Å². The molecule has 1 rings (SSSR count). The first kappa shape index (κ1) is 15.8. The SMILES string of the molecule is CCNc1nccc(C(=O)NCCCCSC)c1F. The minimum absolute atomic E-state index is 0.0378. The van der Waals surface area contributed by atoms with Crippen LogP contribution in [0.15, 0.2) is 12.3 Å². The number of nitrogens with one attached hydrogen (secondary N) is 2. The van der Waals surface area contributed by atoms with Crippen LogP contribution < -0.4 is 10.6 Å². The maximum absolute atomic E-state index is 14.0. The van der Waals surface area contributed by atoms with Gasteiger partial charge < -0.3 is 10.6 Å². The molecule has 2 N–H and O–H groups in total. The number of amides is 1. The molecule has 0 radical (unpaired) electrons. The largest absolute Gasteiger partial charge is 0.368 e. The molecule has 0 spiro atoms. The third-order valence-electron chi connectivity index (χ3n) is 2.54. The summed E-state index contributed by atoms with van der Waals surface area (Å²) in [4.78, 5) is 15.7. The Hall–Kier alpha value is -1.30. The van der Waals surface area contributed by atoms with Crippen molar-refractivity contribution < 1.29 is 9.18 Å². The molecule has 0 aromatic carbocycles. The van der Waals surface area contributed by atoms with Gasteiger partial charge in [-0.3, -0.25) is 4.79 Å². The van der Waals surface area contributed by atoms with E-state index < -0.39 is 5.82 Å². The number of unbranched alkanes of at least 4 members (excludes halogenated alkanes) is 1. The Labute approximate surface area is 117 Å². The molecule has 0 aliphatic rings. The Morgan fingerprint density at radius 2 is 2.26 bits per heavy atom. The summed E-state index contributed by atoms with van der Waals surface area (Å²) in [6.45, 7) is 2.97. The first-order chi connectivity index (χ1) is 9.20. The van der Waals surface area contributed by atoms with E-state index in [1.807, 2.05) is 13.2 Å². The lowest BCUT2D eigenvalue weighted by molar-refractivity contribution is 0.0949. The minimum Gasteiger partial charge on any atom is -0.368 e. The van der Waals surface area contributed by atoms with Crippen LogP contribution in [-0.4, -0.2) is 36.0 Å². The fraction of sp³-hybridized carbons (Fsp3) is 0.538. The molecule has 0 atom stereocenters. The Bertz CT molecular complexity index is 415. The lowest BCUT2D eigenvalue weighted by Gasteiger charge is -2.09. The molecule has 0 aliphatic carbocycles. The molecule has 4 nitrogen and oxygen atoms in total. The van der Waals surface area contributed by atoms with E-state index in [-0.39, 0.29) is 17.3 Å². The molecule has 0 unspecified atom stereocenters. The molecule has 106 valence electrons. The Balaban J connectivity index is 2.54. The van der Waals surface area contributed by atoms with Crippen molar-refractivity contribution in [3.8, 4) is 0 Å². The highest BCUT2D eigenvalue weighted by molar-refractivity contribution is 7.98. The van der Waals surface area contributed by atoms with E-state index >= 15 is 0 Å². The van der Waals surface area contributed by atoms with Gasteiger partial charge in [0.1, 0.15) is 0 Å². The molecule has 6 heteroatoms. The summed E-state index contributed by atoms with van der Waals surface area (Å²) < 4.78 is 14.0. The molecular formula is C13H20FN3OS. The van der Waals surface area contributed by atoms with E-state index in [1.165, 1.54) is 12.3 Å². The number of thioether (sulfide) groups is 1. The van der Waals surface area contributed by atoms with Gasteiger partial charge >= 0.3 is 0 Å². The Kier molecular flexibility index (Phi) is 7.25. The van der Waals surface area contributed by atoms with E-state index in [2.05, 4.69) is 15.6 Å². The van der Waals surface area contributed by atoms with Crippen molar-refractivity contribution in [1.82, 2.24) is 10.3 Å². The van der Waals surface area contributed by atoms with Crippen molar-refractivity contribution in [2.45, 2.75) is 19.8 Å². The van der Waals surface area contributed by atoms with Gasteiger partial charge in [-0.25, -0.2) is 9.37 Å². The molecule has 1 amide bonds. The predicted octanol–water partition coefficient (Wildman–Crippen LogP) is 2.53. The normalized spacial score (nSPS) is 10.3. The molecule has 0 saturated heterocycles. The average Bonchev–Trinajstić information content (AvgIpc) is 2.41. The third-order valence-corrected chi connectivity index (χ3v) is 3.24. The molecular weight excluding hydrogens is 265 g/mol. The molecule has 1 heterocycles. The Morgan fingerprint density at radius 1 is 1.47 bits per heavy atom. The second-order valence-electron chi connectivity index (χ2n) is 4.01. The van der Waals surface area contributed by atoms with Gasteiger partial charge in [-0.2, -0.15) is 11.8 Å². The van der Waals surface area contributed by atoms with Crippen molar-refractivity contribution in [2.75, 3.05) is 30.4 Å². The highest BCUT2D eigenvalue weighted by atomic mass is 32.2. The van der Waals surface area contributed by atoms with Gasteiger partial charge in [0.05, 0.1) is 5.56 Å². The molecule has 0 fully saturated rings. The lowest BCUT2D eigenvalue weighted by atomic mass is 10.2. The average molecular weight is 285 g/mol. The van der Waals surface area contributed by atoms with Gasteiger partial charge in [-0.05, 0) is 37.8 Å². The van der Waals surface area contributed by atoms with E-state index in [1.54, 1.807) is 11.8 Å². The van der Waals surface area contributed by atoms with Gasteiger partial charge in [-0.15, -0.1) is 0 Å². The molecule has 1 aromatic rings. The van der Waals surface area contributed by atoms with Crippen LogP contribution in [0.4, 0.5) is 10.2 Å². The maximum Gasteiger partial charge on any atom is 0.254 e. The zero-order valence-corrected chi connectivity index (χ0v) is 12.1. The summed E-state index contributed by atoms with van der Waals surface area (Å²) in [6.07, 6.45) is 5.43. The summed E-state index contributed by atoms with van der Waals surface area (Å²) >= 11 is 1.78. The van der Waals surface area contributed by atoms with Crippen molar-refractivity contribution in [2.24, 2.45) is 0 Å². The number of halogens is 1. The number of aromatic nitrogens is 1. The van der Waals surface area contributed by atoms with E-state index in [9.17, 15) is 9.18 Å². The number of carbonyl (C=O) groups is 1. The van der Waals surface area contributed by atoms with Crippen LogP contribution in [0.2, 0.25) is 0 Å². The molecule has 0 saturated carbocycles. The first-order valence-electron chi connectivity index (χ1n) is 6.36. The lowest BCUT2D eigenvalue weighted by Crippen LogP contribution is -2.26. The van der Waals surface area contributed by atoms with Crippen LogP contribution in [0.3, 0.4) is 0 Å².